The minimum absolute atomic E-state index is 0.288. The van der Waals surface area contributed by atoms with E-state index in [0.29, 0.717) is 19.5 Å². The van der Waals surface area contributed by atoms with E-state index in [1.807, 2.05) is 6.92 Å². The molecule has 0 spiro atoms. The molecule has 2 N–H and O–H groups in total. The third kappa shape index (κ3) is 3.12. The Kier molecular flexibility index (Phi) is 4.28. The summed E-state index contributed by atoms with van der Waals surface area (Å²) in [6, 6.07) is 0. The zero-order valence-corrected chi connectivity index (χ0v) is 17.9. The molecule has 2 aromatic heterocycles. The normalized spacial score (nSPS) is 39.5. The number of thiazole rings is 1. The predicted octanol–water partition coefficient (Wildman–Crippen LogP) is 2.79. The van der Waals surface area contributed by atoms with E-state index in [9.17, 15) is 10.2 Å². The second kappa shape index (κ2) is 6.67. The Morgan fingerprint density at radius 1 is 1.00 bits per heavy atom. The van der Waals surface area contributed by atoms with Gasteiger partial charge in [-0.25, -0.2) is 15.0 Å². The van der Waals surface area contributed by atoms with Gasteiger partial charge in [-0.15, -0.1) is 0 Å². The van der Waals surface area contributed by atoms with Gasteiger partial charge in [0.05, 0.1) is 17.9 Å². The zero-order valence-electron chi connectivity index (χ0n) is 17.0. The molecule has 4 aliphatic carbocycles. The number of nitrogens with zero attached hydrogens (tertiary/aromatic N) is 4. The molecule has 1 saturated heterocycles. The zero-order chi connectivity index (χ0) is 19.8. The molecule has 4 bridgehead atoms. The van der Waals surface area contributed by atoms with Crippen LogP contribution in [0.4, 0.5) is 0 Å². The van der Waals surface area contributed by atoms with Crippen LogP contribution in [0.15, 0.2) is 0 Å². The molecule has 1 aliphatic heterocycles. The standard InChI is InChI=1S/C22H30N4O2S/c1-12-23-16(10-26-3-2-17(27)18(28)11-26)19-20(24-12)29-21(25-19)22-7-13-4-14(8-22)6-15(5-13)9-22/h13-15,17-18,27-28H,2-11H2,1H3/t13?,14?,15?,17-,18?,22?/m1/s1. The van der Waals surface area contributed by atoms with Crippen LogP contribution in [0.5, 0.6) is 0 Å². The van der Waals surface area contributed by atoms with Crippen molar-refractivity contribution in [3.63, 3.8) is 0 Å². The summed E-state index contributed by atoms with van der Waals surface area (Å²) in [4.78, 5) is 17.9. The van der Waals surface area contributed by atoms with E-state index in [1.165, 1.54) is 43.5 Å². The monoisotopic (exact) mass is 414 g/mol. The lowest BCUT2D eigenvalue weighted by molar-refractivity contribution is -0.0405. The van der Waals surface area contributed by atoms with Crippen LogP contribution in [0.1, 0.15) is 61.5 Å². The molecule has 6 nitrogen and oxygen atoms in total. The summed E-state index contributed by atoms with van der Waals surface area (Å²) in [5, 5.41) is 21.2. The number of β-amino-alcohol motifs (C(OH)–C–C–N with tert-alkyl or cyclic N) is 1. The lowest BCUT2D eigenvalue weighted by atomic mass is 9.50. The average Bonchev–Trinajstić information content (AvgIpc) is 3.09. The number of aryl methyl sites for hydroxylation is 1. The Morgan fingerprint density at radius 2 is 1.69 bits per heavy atom. The maximum atomic E-state index is 10.1. The Morgan fingerprint density at radius 3 is 2.34 bits per heavy atom. The minimum atomic E-state index is -0.680. The van der Waals surface area contributed by atoms with Gasteiger partial charge in [-0.1, -0.05) is 11.3 Å². The molecule has 0 amide bonds. The summed E-state index contributed by atoms with van der Waals surface area (Å²) in [6.45, 7) is 3.88. The number of hydrogen-bond donors (Lipinski definition) is 2. The third-order valence-electron chi connectivity index (χ3n) is 7.94. The van der Waals surface area contributed by atoms with Crippen molar-refractivity contribution >= 4 is 21.7 Å². The van der Waals surface area contributed by atoms with E-state index >= 15 is 0 Å². The van der Waals surface area contributed by atoms with Gasteiger partial charge in [-0.05, 0) is 69.6 Å². The van der Waals surface area contributed by atoms with Crippen molar-refractivity contribution in [2.45, 2.75) is 76.0 Å². The quantitative estimate of drug-likeness (QED) is 0.804. The summed E-state index contributed by atoms with van der Waals surface area (Å²) in [7, 11) is 0. The maximum absolute atomic E-state index is 10.1. The summed E-state index contributed by atoms with van der Waals surface area (Å²) in [5.41, 5.74) is 2.23. The van der Waals surface area contributed by atoms with Gasteiger partial charge in [0.15, 0.2) is 0 Å². The number of aliphatic hydroxyl groups excluding tert-OH is 2. The molecule has 7 heteroatoms. The molecule has 2 atom stereocenters. The van der Waals surface area contributed by atoms with Crippen LogP contribution < -0.4 is 0 Å². The van der Waals surface area contributed by atoms with E-state index in [0.717, 1.165) is 46.2 Å². The van der Waals surface area contributed by atoms with Crippen molar-refractivity contribution in [1.29, 1.82) is 0 Å². The summed E-state index contributed by atoms with van der Waals surface area (Å²) >= 11 is 1.81. The molecule has 4 saturated carbocycles. The van der Waals surface area contributed by atoms with Crippen molar-refractivity contribution in [2.75, 3.05) is 13.1 Å². The van der Waals surface area contributed by atoms with Crippen molar-refractivity contribution < 1.29 is 10.2 Å². The molecule has 1 unspecified atom stereocenters. The number of aromatic nitrogens is 3. The van der Waals surface area contributed by atoms with Gasteiger partial charge >= 0.3 is 0 Å². The van der Waals surface area contributed by atoms with Gasteiger partial charge < -0.3 is 10.2 Å². The average molecular weight is 415 g/mol. The number of likely N-dealkylation sites (tertiary alicyclic amines) is 1. The van der Waals surface area contributed by atoms with Crippen LogP contribution in [-0.2, 0) is 12.0 Å². The number of rotatable bonds is 3. The number of piperidine rings is 1. The second-order valence-corrected chi connectivity index (χ2v) is 11.2. The number of fused-ring (bicyclic) bond motifs is 1. The fraction of sp³-hybridized carbons (Fsp3) is 0.773. The first-order valence-electron chi connectivity index (χ1n) is 11.2. The van der Waals surface area contributed by atoms with E-state index in [4.69, 9.17) is 15.0 Å². The van der Waals surface area contributed by atoms with E-state index in [2.05, 4.69) is 4.90 Å². The van der Waals surface area contributed by atoms with Crippen molar-refractivity contribution in [3.05, 3.63) is 16.5 Å². The SMILES string of the molecule is Cc1nc(CN2CC[C@@H](O)C(O)C2)c2nc(C34CC5CC(CC(C5)C3)C4)sc2n1. The lowest BCUT2D eigenvalue weighted by Gasteiger charge is -2.56. The Hall–Kier alpha value is -1.15. The first-order chi connectivity index (χ1) is 14.0. The van der Waals surface area contributed by atoms with Crippen LogP contribution >= 0.6 is 11.3 Å². The first kappa shape index (κ1) is 18.6. The Labute approximate surface area is 175 Å². The smallest absolute Gasteiger partial charge is 0.147 e. The lowest BCUT2D eigenvalue weighted by Crippen LogP contribution is -2.48. The largest absolute Gasteiger partial charge is 0.390 e. The fourth-order valence-corrected chi connectivity index (χ4v) is 8.27. The molecule has 5 fully saturated rings. The number of hydrogen-bond acceptors (Lipinski definition) is 7. The highest BCUT2D eigenvalue weighted by atomic mass is 32.1. The molecule has 29 heavy (non-hydrogen) atoms. The molecular formula is C22H30N4O2S. The highest BCUT2D eigenvalue weighted by molar-refractivity contribution is 7.18. The summed E-state index contributed by atoms with van der Waals surface area (Å²) in [5.74, 6) is 3.51. The van der Waals surface area contributed by atoms with Crippen molar-refractivity contribution in [2.24, 2.45) is 17.8 Å². The Balaban J connectivity index is 1.34. The molecule has 2 aromatic rings. The van der Waals surface area contributed by atoms with Gasteiger partial charge in [-0.2, -0.15) is 0 Å². The van der Waals surface area contributed by atoms with Gasteiger partial charge in [-0.3, -0.25) is 4.90 Å². The van der Waals surface area contributed by atoms with E-state index < -0.39 is 12.2 Å². The highest BCUT2D eigenvalue weighted by Gasteiger charge is 2.53. The molecule has 156 valence electrons. The summed E-state index contributed by atoms with van der Waals surface area (Å²) < 4.78 is 0. The highest BCUT2D eigenvalue weighted by Crippen LogP contribution is 2.61. The second-order valence-electron chi connectivity index (χ2n) is 10.2. The molecule has 7 rings (SSSR count). The minimum Gasteiger partial charge on any atom is -0.390 e. The Bertz CT molecular complexity index is 909. The van der Waals surface area contributed by atoms with Gasteiger partial charge in [0.25, 0.3) is 0 Å². The van der Waals surface area contributed by atoms with Crippen LogP contribution in [0.25, 0.3) is 10.3 Å². The van der Waals surface area contributed by atoms with Gasteiger partial charge in [0, 0.05) is 25.0 Å². The summed E-state index contributed by atoms with van der Waals surface area (Å²) in [6.07, 6.45) is 7.58. The molecular weight excluding hydrogens is 384 g/mol. The first-order valence-corrected chi connectivity index (χ1v) is 12.0. The fourth-order valence-electron chi connectivity index (χ4n) is 7.05. The molecule has 0 radical (unpaired) electrons. The van der Waals surface area contributed by atoms with Crippen LogP contribution in [0, 0.1) is 24.7 Å². The van der Waals surface area contributed by atoms with Gasteiger partial charge in [0.2, 0.25) is 0 Å². The van der Waals surface area contributed by atoms with Gasteiger partial charge in [0.1, 0.15) is 21.2 Å². The molecule has 5 aliphatic rings. The predicted molar refractivity (Wildman–Crippen MR) is 112 cm³/mol. The van der Waals surface area contributed by atoms with E-state index in [1.54, 1.807) is 11.3 Å². The third-order valence-corrected chi connectivity index (χ3v) is 9.13. The van der Waals surface area contributed by atoms with Crippen LogP contribution in [-0.4, -0.2) is 55.4 Å². The molecule has 0 aromatic carbocycles. The number of aliphatic hydroxyl groups is 2. The maximum Gasteiger partial charge on any atom is 0.147 e. The van der Waals surface area contributed by atoms with Crippen molar-refractivity contribution in [1.82, 2.24) is 19.9 Å². The van der Waals surface area contributed by atoms with Crippen LogP contribution in [0.3, 0.4) is 0 Å². The topological polar surface area (TPSA) is 82.4 Å². The molecule has 3 heterocycles. The van der Waals surface area contributed by atoms with Crippen LogP contribution in [0.2, 0.25) is 0 Å². The van der Waals surface area contributed by atoms with E-state index in [-0.39, 0.29) is 5.41 Å². The van der Waals surface area contributed by atoms with Crippen molar-refractivity contribution in [3.8, 4) is 0 Å².